The van der Waals surface area contributed by atoms with Crippen LogP contribution in [-0.4, -0.2) is 47.7 Å². The molecule has 1 saturated heterocycles. The number of fused-ring (bicyclic) bond motifs is 1. The van der Waals surface area contributed by atoms with E-state index in [-0.39, 0.29) is 5.91 Å². The molecule has 176 valence electrons. The van der Waals surface area contributed by atoms with Crippen LogP contribution in [-0.2, 0) is 17.9 Å². The molecule has 33 heavy (non-hydrogen) atoms. The summed E-state index contributed by atoms with van der Waals surface area (Å²) in [6.07, 6.45) is 3.71. The molecule has 0 saturated carbocycles. The summed E-state index contributed by atoms with van der Waals surface area (Å²) in [7, 11) is 3.20. The van der Waals surface area contributed by atoms with Gasteiger partial charge < -0.3 is 19.4 Å². The lowest BCUT2D eigenvalue weighted by Gasteiger charge is -2.32. The largest absolute Gasteiger partial charge is 0.497 e. The normalized spacial score (nSPS) is 16.6. The van der Waals surface area contributed by atoms with Crippen LogP contribution < -0.4 is 14.8 Å². The van der Waals surface area contributed by atoms with Gasteiger partial charge in [-0.15, -0.1) is 0 Å². The minimum atomic E-state index is 0.0233. The number of carbonyl (C=O) groups excluding carboxylic acids is 1. The number of hydrogen-bond acceptors (Lipinski definition) is 5. The van der Waals surface area contributed by atoms with Gasteiger partial charge in [-0.25, -0.2) is 4.98 Å². The summed E-state index contributed by atoms with van der Waals surface area (Å²) in [6.45, 7) is 6.04. The number of piperidine rings is 1. The molecule has 2 heterocycles. The smallest absolute Gasteiger partial charge is 0.224 e. The van der Waals surface area contributed by atoms with E-state index >= 15 is 0 Å². The number of amides is 1. The summed E-state index contributed by atoms with van der Waals surface area (Å²) in [5.74, 6) is 2.99. The summed E-state index contributed by atoms with van der Waals surface area (Å²) in [4.78, 5) is 20.0. The molecule has 2 aromatic carbocycles. The highest BCUT2D eigenvalue weighted by Crippen LogP contribution is 2.27. The van der Waals surface area contributed by atoms with Gasteiger partial charge in [-0.2, -0.15) is 0 Å². The Morgan fingerprint density at radius 2 is 1.91 bits per heavy atom. The molecule has 7 nitrogen and oxygen atoms in total. The fourth-order valence-electron chi connectivity index (χ4n) is 4.77. The highest BCUT2D eigenvalue weighted by molar-refractivity contribution is 5.91. The number of imidazole rings is 1. The topological polar surface area (TPSA) is 68.6 Å². The number of ether oxygens (including phenoxy) is 2. The molecule has 0 bridgehead atoms. The minimum Gasteiger partial charge on any atom is -0.497 e. The summed E-state index contributed by atoms with van der Waals surface area (Å²) in [5.41, 5.74) is 2.96. The molecule has 4 rings (SSSR count). The van der Waals surface area contributed by atoms with E-state index in [0.717, 1.165) is 50.4 Å². The Bertz CT molecular complexity index is 1070. The van der Waals surface area contributed by atoms with E-state index in [0.29, 0.717) is 29.5 Å². The Hall–Kier alpha value is -3.06. The predicted octanol–water partition coefficient (Wildman–Crippen LogP) is 4.70. The quantitative estimate of drug-likeness (QED) is 0.512. The summed E-state index contributed by atoms with van der Waals surface area (Å²) >= 11 is 0. The maximum absolute atomic E-state index is 12.6. The van der Waals surface area contributed by atoms with Gasteiger partial charge in [0.05, 0.1) is 31.8 Å². The highest BCUT2D eigenvalue weighted by Gasteiger charge is 2.22. The number of aromatic nitrogens is 2. The van der Waals surface area contributed by atoms with Gasteiger partial charge in [0.1, 0.15) is 17.3 Å². The van der Waals surface area contributed by atoms with E-state index in [9.17, 15) is 4.79 Å². The van der Waals surface area contributed by atoms with Crippen molar-refractivity contribution in [2.24, 2.45) is 5.92 Å². The Kier molecular flexibility index (Phi) is 7.50. The van der Waals surface area contributed by atoms with Crippen molar-refractivity contribution in [3.63, 3.8) is 0 Å². The number of rotatable bonds is 9. The van der Waals surface area contributed by atoms with E-state index < -0.39 is 0 Å². The van der Waals surface area contributed by atoms with Crippen molar-refractivity contribution in [3.8, 4) is 11.5 Å². The van der Waals surface area contributed by atoms with Crippen LogP contribution in [0.25, 0.3) is 11.0 Å². The molecule has 1 atom stereocenters. The highest BCUT2D eigenvalue weighted by atomic mass is 16.5. The number of aryl methyl sites for hydroxylation is 1. The summed E-state index contributed by atoms with van der Waals surface area (Å²) < 4.78 is 12.9. The zero-order valence-electron chi connectivity index (χ0n) is 19.8. The van der Waals surface area contributed by atoms with Crippen LogP contribution in [0.4, 0.5) is 5.69 Å². The number of benzene rings is 2. The number of para-hydroxylation sites is 2. The van der Waals surface area contributed by atoms with Crippen LogP contribution in [0, 0.1) is 5.92 Å². The van der Waals surface area contributed by atoms with E-state index in [1.165, 1.54) is 11.9 Å². The fourth-order valence-corrected chi connectivity index (χ4v) is 4.77. The van der Waals surface area contributed by atoms with Gasteiger partial charge in [-0.05, 0) is 50.8 Å². The molecule has 1 aliphatic rings. The average Bonchev–Trinajstić information content (AvgIpc) is 3.19. The van der Waals surface area contributed by atoms with Crippen molar-refractivity contribution in [1.82, 2.24) is 14.5 Å². The molecule has 1 amide bonds. The van der Waals surface area contributed by atoms with E-state index in [1.807, 2.05) is 18.2 Å². The third-order valence-corrected chi connectivity index (χ3v) is 6.43. The minimum absolute atomic E-state index is 0.0233. The first-order chi connectivity index (χ1) is 16.1. The van der Waals surface area contributed by atoms with E-state index in [4.69, 9.17) is 14.5 Å². The van der Waals surface area contributed by atoms with Crippen molar-refractivity contribution in [1.29, 1.82) is 0 Å². The van der Waals surface area contributed by atoms with Gasteiger partial charge in [-0.1, -0.05) is 12.1 Å². The van der Waals surface area contributed by atoms with Crippen LogP contribution in [0.15, 0.2) is 42.5 Å². The first-order valence-electron chi connectivity index (χ1n) is 11.8. The first kappa shape index (κ1) is 23.1. The van der Waals surface area contributed by atoms with Crippen LogP contribution in [0.5, 0.6) is 11.5 Å². The number of anilines is 1. The molecular weight excluding hydrogens is 416 g/mol. The van der Waals surface area contributed by atoms with E-state index in [1.54, 1.807) is 20.3 Å². The molecule has 0 spiro atoms. The maximum atomic E-state index is 12.6. The second-order valence-electron chi connectivity index (χ2n) is 8.69. The number of nitrogens with one attached hydrogen (secondary N) is 1. The SMILES string of the molecule is CCn1c(CN2CCCC(CCC(=O)Nc3cc(OC)cc(OC)c3)C2)nc2ccccc21. The Balaban J connectivity index is 1.32. The van der Waals surface area contributed by atoms with Gasteiger partial charge >= 0.3 is 0 Å². The summed E-state index contributed by atoms with van der Waals surface area (Å²) in [6, 6.07) is 13.8. The fraction of sp³-hybridized carbons (Fsp3) is 0.462. The van der Waals surface area contributed by atoms with Crippen LogP contribution in [0.2, 0.25) is 0 Å². The number of likely N-dealkylation sites (tertiary alicyclic amines) is 1. The third-order valence-electron chi connectivity index (χ3n) is 6.43. The molecular formula is C26H34N4O3. The number of carbonyl (C=O) groups is 1. The zero-order chi connectivity index (χ0) is 23.2. The Morgan fingerprint density at radius 3 is 2.64 bits per heavy atom. The maximum Gasteiger partial charge on any atom is 0.224 e. The molecule has 1 N–H and O–H groups in total. The lowest BCUT2D eigenvalue weighted by molar-refractivity contribution is -0.116. The van der Waals surface area contributed by atoms with Crippen molar-refractivity contribution in [2.45, 2.75) is 45.7 Å². The van der Waals surface area contributed by atoms with Gasteiger partial charge in [-0.3, -0.25) is 9.69 Å². The lowest BCUT2D eigenvalue weighted by atomic mass is 9.93. The molecule has 7 heteroatoms. The van der Waals surface area contributed by atoms with Gasteiger partial charge in [0, 0.05) is 43.4 Å². The molecule has 1 unspecified atom stereocenters. The second kappa shape index (κ2) is 10.7. The van der Waals surface area contributed by atoms with Crippen LogP contribution in [0.1, 0.15) is 38.4 Å². The van der Waals surface area contributed by atoms with Gasteiger partial charge in [0.25, 0.3) is 0 Å². The molecule has 1 aromatic heterocycles. The standard InChI is InChI=1S/C26H34N4O3/c1-4-30-24-10-6-5-9-23(24)28-25(30)18-29-13-7-8-19(17-29)11-12-26(31)27-20-14-21(32-2)16-22(15-20)33-3/h5-6,9-10,14-16,19H,4,7-8,11-13,17-18H2,1-3H3,(H,27,31). The van der Waals surface area contributed by atoms with Gasteiger partial charge in [0.2, 0.25) is 5.91 Å². The number of hydrogen-bond donors (Lipinski definition) is 1. The Morgan fingerprint density at radius 1 is 1.15 bits per heavy atom. The molecule has 0 radical (unpaired) electrons. The first-order valence-corrected chi connectivity index (χ1v) is 11.8. The molecule has 1 aliphatic heterocycles. The lowest BCUT2D eigenvalue weighted by Crippen LogP contribution is -2.36. The molecule has 3 aromatic rings. The number of methoxy groups -OCH3 is 2. The van der Waals surface area contributed by atoms with E-state index in [2.05, 4.69) is 39.9 Å². The van der Waals surface area contributed by atoms with Crippen molar-refractivity contribution in [2.75, 3.05) is 32.6 Å². The number of nitrogens with zero attached hydrogens (tertiary/aromatic N) is 3. The predicted molar refractivity (Wildman–Crippen MR) is 131 cm³/mol. The van der Waals surface area contributed by atoms with Crippen LogP contribution >= 0.6 is 0 Å². The van der Waals surface area contributed by atoms with Crippen molar-refractivity contribution >= 4 is 22.6 Å². The average molecular weight is 451 g/mol. The molecule has 1 fully saturated rings. The molecule has 0 aliphatic carbocycles. The monoisotopic (exact) mass is 450 g/mol. The van der Waals surface area contributed by atoms with Crippen LogP contribution in [0.3, 0.4) is 0 Å². The Labute approximate surface area is 195 Å². The van der Waals surface area contributed by atoms with Crippen molar-refractivity contribution < 1.29 is 14.3 Å². The zero-order valence-corrected chi connectivity index (χ0v) is 19.8. The third kappa shape index (κ3) is 5.66. The van der Waals surface area contributed by atoms with Gasteiger partial charge in [0.15, 0.2) is 0 Å². The van der Waals surface area contributed by atoms with Crippen molar-refractivity contribution in [3.05, 3.63) is 48.3 Å². The second-order valence-corrected chi connectivity index (χ2v) is 8.69. The summed E-state index contributed by atoms with van der Waals surface area (Å²) in [5, 5.41) is 2.99.